The van der Waals surface area contributed by atoms with Gasteiger partial charge in [0.15, 0.2) is 0 Å². The number of para-hydroxylation sites is 4. The smallest absolute Gasteiger partial charge is 0.117 e. The van der Waals surface area contributed by atoms with Crippen LogP contribution in [0.1, 0.15) is 0 Å². The van der Waals surface area contributed by atoms with Crippen molar-refractivity contribution >= 4 is 22.7 Å². The molecule has 4 aromatic rings. The summed E-state index contributed by atoms with van der Waals surface area (Å²) in [5, 5.41) is 10.9. The minimum atomic E-state index is 0.0533. The molecule has 0 spiro atoms. The van der Waals surface area contributed by atoms with Gasteiger partial charge < -0.3 is 20.9 Å². The maximum absolute atomic E-state index is 3.73. The van der Waals surface area contributed by atoms with Gasteiger partial charge in [-0.1, -0.05) is 72.8 Å². The minimum absolute atomic E-state index is 0.0533. The first-order valence-corrected chi connectivity index (χ1v) is 11.1. The fourth-order valence-electron chi connectivity index (χ4n) is 3.70. The summed E-state index contributed by atoms with van der Waals surface area (Å²) >= 11 is 0. The maximum atomic E-state index is 3.73. The van der Waals surface area contributed by atoms with Gasteiger partial charge in [0.05, 0.1) is 6.54 Å². The van der Waals surface area contributed by atoms with Crippen LogP contribution in [0.3, 0.4) is 0 Å². The van der Waals surface area contributed by atoms with Crippen LogP contribution in [0.25, 0.3) is 0 Å². The van der Waals surface area contributed by atoms with E-state index in [1.807, 2.05) is 18.2 Å². The van der Waals surface area contributed by atoms with E-state index in [1.54, 1.807) is 0 Å². The van der Waals surface area contributed by atoms with Crippen molar-refractivity contribution in [2.45, 2.75) is 6.17 Å². The number of benzene rings is 4. The molecule has 0 radical (unpaired) electrons. The van der Waals surface area contributed by atoms with E-state index >= 15 is 0 Å². The second-order valence-electron chi connectivity index (χ2n) is 7.59. The molecule has 4 nitrogen and oxygen atoms in total. The fraction of sp³-hybridized carbons (Fsp3) is 0.143. The molecule has 162 valence electrons. The largest absolute Gasteiger partial charge is 0.383 e. The molecule has 4 aromatic carbocycles. The Morgan fingerprint density at radius 3 is 1.56 bits per heavy atom. The molecule has 3 N–H and O–H groups in total. The topological polar surface area (TPSA) is 39.3 Å². The quantitative estimate of drug-likeness (QED) is 0.253. The van der Waals surface area contributed by atoms with Crippen molar-refractivity contribution in [3.8, 4) is 0 Å². The number of hydrogen-bond acceptors (Lipinski definition) is 4. The summed E-state index contributed by atoms with van der Waals surface area (Å²) in [5.41, 5.74) is 4.54. The molecule has 32 heavy (non-hydrogen) atoms. The third-order valence-electron chi connectivity index (χ3n) is 5.30. The standard InChI is InChI=1S/C28H30N4/c1-5-13-24(14-6-1)29-21-22-32(27-19-11-4-12-20-27)28(31-26-17-9-3-10-18-26)23-30-25-15-7-2-8-16-25/h1-20,28-31H,21-23H2. The van der Waals surface area contributed by atoms with E-state index in [0.717, 1.165) is 36.7 Å². The van der Waals surface area contributed by atoms with E-state index in [0.29, 0.717) is 0 Å². The van der Waals surface area contributed by atoms with E-state index in [1.165, 1.54) is 5.69 Å². The summed E-state index contributed by atoms with van der Waals surface area (Å²) in [4.78, 5) is 2.42. The molecule has 0 bridgehead atoms. The predicted octanol–water partition coefficient (Wildman–Crippen LogP) is 6.16. The Balaban J connectivity index is 1.54. The van der Waals surface area contributed by atoms with E-state index in [9.17, 15) is 0 Å². The molecular weight excluding hydrogens is 392 g/mol. The van der Waals surface area contributed by atoms with Gasteiger partial charge in [0.25, 0.3) is 0 Å². The van der Waals surface area contributed by atoms with Gasteiger partial charge in [-0.25, -0.2) is 0 Å². The Kier molecular flexibility index (Phi) is 7.64. The van der Waals surface area contributed by atoms with Gasteiger partial charge in [0, 0.05) is 35.8 Å². The Bertz CT molecular complexity index is 1020. The third-order valence-corrected chi connectivity index (χ3v) is 5.30. The highest BCUT2D eigenvalue weighted by Gasteiger charge is 2.19. The monoisotopic (exact) mass is 422 g/mol. The average molecular weight is 423 g/mol. The van der Waals surface area contributed by atoms with Crippen molar-refractivity contribution in [1.29, 1.82) is 0 Å². The molecule has 0 fully saturated rings. The first kappa shape index (κ1) is 21.3. The van der Waals surface area contributed by atoms with Gasteiger partial charge in [-0.2, -0.15) is 0 Å². The normalized spacial score (nSPS) is 11.4. The lowest BCUT2D eigenvalue weighted by Gasteiger charge is -2.35. The van der Waals surface area contributed by atoms with Crippen LogP contribution in [0.5, 0.6) is 0 Å². The zero-order valence-corrected chi connectivity index (χ0v) is 18.2. The summed E-state index contributed by atoms with van der Waals surface area (Å²) in [6.45, 7) is 2.43. The highest BCUT2D eigenvalue weighted by Crippen LogP contribution is 2.20. The Morgan fingerprint density at radius 1 is 0.531 bits per heavy atom. The van der Waals surface area contributed by atoms with Crippen LogP contribution in [0, 0.1) is 0 Å². The van der Waals surface area contributed by atoms with Crippen molar-refractivity contribution in [3.05, 3.63) is 121 Å². The molecule has 0 saturated carbocycles. The van der Waals surface area contributed by atoms with Crippen molar-refractivity contribution in [2.75, 3.05) is 40.5 Å². The van der Waals surface area contributed by atoms with E-state index < -0.39 is 0 Å². The Hall–Kier alpha value is -3.92. The van der Waals surface area contributed by atoms with Crippen LogP contribution < -0.4 is 20.9 Å². The van der Waals surface area contributed by atoms with Gasteiger partial charge in [0.1, 0.15) is 6.17 Å². The van der Waals surface area contributed by atoms with E-state index in [4.69, 9.17) is 0 Å². The summed E-state index contributed by atoms with van der Waals surface area (Å²) < 4.78 is 0. The number of nitrogens with zero attached hydrogens (tertiary/aromatic N) is 1. The molecule has 0 amide bonds. The zero-order valence-electron chi connectivity index (χ0n) is 18.2. The molecule has 0 aliphatic rings. The number of rotatable bonds is 11. The molecular formula is C28H30N4. The molecule has 4 rings (SSSR count). The van der Waals surface area contributed by atoms with Crippen molar-refractivity contribution in [1.82, 2.24) is 0 Å². The fourth-order valence-corrected chi connectivity index (χ4v) is 3.70. The minimum Gasteiger partial charge on any atom is -0.383 e. The summed E-state index contributed by atoms with van der Waals surface area (Å²) in [6, 6.07) is 41.7. The van der Waals surface area contributed by atoms with E-state index in [-0.39, 0.29) is 6.17 Å². The highest BCUT2D eigenvalue weighted by molar-refractivity contribution is 5.53. The summed E-state index contributed by atoms with van der Waals surface area (Å²) in [7, 11) is 0. The third kappa shape index (κ3) is 6.29. The molecule has 0 saturated heterocycles. The van der Waals surface area contributed by atoms with Crippen LogP contribution in [0.4, 0.5) is 22.7 Å². The lowest BCUT2D eigenvalue weighted by atomic mass is 10.2. The van der Waals surface area contributed by atoms with Crippen LogP contribution in [0.15, 0.2) is 121 Å². The molecule has 1 unspecified atom stereocenters. The van der Waals surface area contributed by atoms with E-state index in [2.05, 4.69) is 124 Å². The van der Waals surface area contributed by atoms with Gasteiger partial charge in [-0.3, -0.25) is 0 Å². The second kappa shape index (κ2) is 11.5. The maximum Gasteiger partial charge on any atom is 0.117 e. The second-order valence-corrected chi connectivity index (χ2v) is 7.59. The number of nitrogens with one attached hydrogen (secondary N) is 3. The SMILES string of the molecule is c1ccc(NCCN(c2ccccc2)C(CNc2ccccc2)Nc2ccccc2)cc1. The van der Waals surface area contributed by atoms with Crippen LogP contribution in [-0.4, -0.2) is 25.8 Å². The molecule has 0 aromatic heterocycles. The van der Waals surface area contributed by atoms with Crippen LogP contribution >= 0.6 is 0 Å². The highest BCUT2D eigenvalue weighted by atomic mass is 15.3. The Morgan fingerprint density at radius 2 is 1.00 bits per heavy atom. The molecule has 0 aliphatic heterocycles. The van der Waals surface area contributed by atoms with Gasteiger partial charge >= 0.3 is 0 Å². The molecule has 0 aliphatic carbocycles. The van der Waals surface area contributed by atoms with Gasteiger partial charge in [0.2, 0.25) is 0 Å². The predicted molar refractivity (Wildman–Crippen MR) is 138 cm³/mol. The summed E-state index contributed by atoms with van der Waals surface area (Å²) in [5.74, 6) is 0. The number of anilines is 4. The van der Waals surface area contributed by atoms with Crippen molar-refractivity contribution in [3.63, 3.8) is 0 Å². The summed E-state index contributed by atoms with van der Waals surface area (Å²) in [6.07, 6.45) is 0.0533. The van der Waals surface area contributed by atoms with Gasteiger partial charge in [-0.05, 0) is 48.5 Å². The first-order chi connectivity index (χ1) is 15.9. The average Bonchev–Trinajstić information content (AvgIpc) is 2.87. The Labute approximate surface area is 190 Å². The molecule has 1 atom stereocenters. The first-order valence-electron chi connectivity index (χ1n) is 11.1. The van der Waals surface area contributed by atoms with Gasteiger partial charge in [-0.15, -0.1) is 0 Å². The van der Waals surface area contributed by atoms with Crippen LogP contribution in [0.2, 0.25) is 0 Å². The lowest BCUT2D eigenvalue weighted by Crippen LogP contribution is -2.47. The number of hydrogen-bond donors (Lipinski definition) is 3. The van der Waals surface area contributed by atoms with Crippen molar-refractivity contribution < 1.29 is 0 Å². The van der Waals surface area contributed by atoms with Crippen LogP contribution in [-0.2, 0) is 0 Å². The molecule has 0 heterocycles. The molecule has 4 heteroatoms. The van der Waals surface area contributed by atoms with Crippen molar-refractivity contribution in [2.24, 2.45) is 0 Å². The lowest BCUT2D eigenvalue weighted by molar-refractivity contribution is 0.676. The zero-order chi connectivity index (χ0) is 21.8.